The van der Waals surface area contributed by atoms with Crippen LogP contribution in [0.15, 0.2) is 6.07 Å². The first kappa shape index (κ1) is 13.7. The Balaban J connectivity index is 2.63. The molecule has 0 bridgehead atoms. The van der Waals surface area contributed by atoms with E-state index in [9.17, 15) is 5.11 Å². The molecule has 96 valence electrons. The lowest BCUT2D eigenvalue weighted by molar-refractivity contribution is 0.176. The summed E-state index contributed by atoms with van der Waals surface area (Å²) in [6, 6.07) is 1.85. The summed E-state index contributed by atoms with van der Waals surface area (Å²) in [5, 5.41) is 15.8. The zero-order chi connectivity index (χ0) is 12.7. The van der Waals surface area contributed by atoms with Gasteiger partial charge in [0.15, 0.2) is 0 Å². The predicted octanol–water partition coefficient (Wildman–Crippen LogP) is 1.65. The normalized spacial score (nSPS) is 12.2. The van der Waals surface area contributed by atoms with Crippen LogP contribution in [0.3, 0.4) is 0 Å². The Morgan fingerprint density at radius 2 is 2.00 bits per heavy atom. The lowest BCUT2D eigenvalue weighted by Crippen LogP contribution is -2.20. The van der Waals surface area contributed by atoms with Crippen LogP contribution in [0.2, 0.25) is 0 Å². The molecular formula is C12H22N4O. The summed E-state index contributed by atoms with van der Waals surface area (Å²) in [5.74, 6) is 2.35. The number of aliphatic hydroxyl groups is 1. The van der Waals surface area contributed by atoms with E-state index in [1.54, 1.807) is 0 Å². The van der Waals surface area contributed by atoms with E-state index in [1.165, 1.54) is 0 Å². The first-order valence-electron chi connectivity index (χ1n) is 6.17. The summed E-state index contributed by atoms with van der Waals surface area (Å²) in [6.45, 7) is 4.60. The van der Waals surface area contributed by atoms with Crippen molar-refractivity contribution in [3.8, 4) is 0 Å². The van der Waals surface area contributed by atoms with Gasteiger partial charge in [-0.2, -0.15) is 0 Å². The lowest BCUT2D eigenvalue weighted by Gasteiger charge is -2.12. The van der Waals surface area contributed by atoms with Crippen molar-refractivity contribution in [3.63, 3.8) is 0 Å². The molecular weight excluding hydrogens is 216 g/mol. The Morgan fingerprint density at radius 1 is 1.29 bits per heavy atom. The fourth-order valence-corrected chi connectivity index (χ4v) is 1.53. The number of hydrogen-bond donors (Lipinski definition) is 3. The number of nitrogens with one attached hydrogen (secondary N) is 2. The van der Waals surface area contributed by atoms with Crippen LogP contribution in [0.5, 0.6) is 0 Å². The summed E-state index contributed by atoms with van der Waals surface area (Å²) in [7, 11) is 1.83. The fraction of sp³-hybridized carbons (Fsp3) is 0.667. The summed E-state index contributed by atoms with van der Waals surface area (Å²) in [4.78, 5) is 8.67. The molecule has 1 rings (SSSR count). The van der Waals surface area contributed by atoms with Gasteiger partial charge in [0.1, 0.15) is 17.5 Å². The number of aliphatic hydroxyl groups excluding tert-OH is 1. The zero-order valence-corrected chi connectivity index (χ0v) is 10.8. The number of aromatic nitrogens is 2. The monoisotopic (exact) mass is 238 g/mol. The highest BCUT2D eigenvalue weighted by atomic mass is 16.3. The smallest absolute Gasteiger partial charge is 0.132 e. The second-order valence-corrected chi connectivity index (χ2v) is 3.98. The Bertz CT molecular complexity index is 321. The van der Waals surface area contributed by atoms with E-state index in [4.69, 9.17) is 0 Å². The second-order valence-electron chi connectivity index (χ2n) is 3.98. The van der Waals surface area contributed by atoms with Crippen molar-refractivity contribution in [2.45, 2.75) is 39.2 Å². The molecule has 1 atom stereocenters. The Kier molecular flexibility index (Phi) is 5.69. The van der Waals surface area contributed by atoms with E-state index in [2.05, 4.69) is 27.5 Å². The fourth-order valence-electron chi connectivity index (χ4n) is 1.53. The standard InChI is InChI=1S/C12H22N4O/c1-4-6-9(17)8-14-12-7-11(13-3)15-10(5-2)16-12/h7,9,17H,4-6,8H2,1-3H3,(H2,13,14,15,16). The van der Waals surface area contributed by atoms with Gasteiger partial charge in [-0.3, -0.25) is 0 Å². The molecule has 0 fully saturated rings. The molecule has 1 heterocycles. The molecule has 5 nitrogen and oxygen atoms in total. The molecule has 0 aliphatic carbocycles. The molecule has 0 saturated carbocycles. The number of hydrogen-bond acceptors (Lipinski definition) is 5. The highest BCUT2D eigenvalue weighted by Gasteiger charge is 2.05. The van der Waals surface area contributed by atoms with E-state index >= 15 is 0 Å². The minimum atomic E-state index is -0.321. The van der Waals surface area contributed by atoms with Gasteiger partial charge in [0, 0.05) is 26.1 Å². The first-order valence-corrected chi connectivity index (χ1v) is 6.17. The molecule has 0 spiro atoms. The van der Waals surface area contributed by atoms with Gasteiger partial charge in [-0.05, 0) is 6.42 Å². The van der Waals surface area contributed by atoms with Crippen LogP contribution in [-0.2, 0) is 6.42 Å². The van der Waals surface area contributed by atoms with Crippen molar-refractivity contribution in [3.05, 3.63) is 11.9 Å². The van der Waals surface area contributed by atoms with E-state index < -0.39 is 0 Å². The maximum atomic E-state index is 9.64. The highest BCUT2D eigenvalue weighted by molar-refractivity contribution is 5.47. The average molecular weight is 238 g/mol. The van der Waals surface area contributed by atoms with Crippen LogP contribution in [0, 0.1) is 0 Å². The van der Waals surface area contributed by atoms with Crippen LogP contribution in [0.25, 0.3) is 0 Å². The van der Waals surface area contributed by atoms with Crippen molar-refractivity contribution in [1.82, 2.24) is 9.97 Å². The number of rotatable bonds is 7. The van der Waals surface area contributed by atoms with Crippen molar-refractivity contribution in [2.24, 2.45) is 0 Å². The molecule has 17 heavy (non-hydrogen) atoms. The van der Waals surface area contributed by atoms with Crippen LogP contribution in [0.4, 0.5) is 11.6 Å². The van der Waals surface area contributed by atoms with Crippen LogP contribution < -0.4 is 10.6 Å². The number of nitrogens with zero attached hydrogens (tertiary/aromatic N) is 2. The molecule has 0 aromatic carbocycles. The maximum absolute atomic E-state index is 9.64. The van der Waals surface area contributed by atoms with Crippen molar-refractivity contribution in [1.29, 1.82) is 0 Å². The van der Waals surface area contributed by atoms with E-state index in [0.717, 1.165) is 36.7 Å². The third kappa shape index (κ3) is 4.56. The van der Waals surface area contributed by atoms with Crippen LogP contribution >= 0.6 is 0 Å². The Hall–Kier alpha value is -1.36. The molecule has 3 N–H and O–H groups in total. The van der Waals surface area contributed by atoms with E-state index in [-0.39, 0.29) is 6.10 Å². The molecule has 1 unspecified atom stereocenters. The van der Waals surface area contributed by atoms with Gasteiger partial charge in [-0.15, -0.1) is 0 Å². The summed E-state index contributed by atoms with van der Waals surface area (Å²) < 4.78 is 0. The minimum Gasteiger partial charge on any atom is -0.391 e. The van der Waals surface area contributed by atoms with Crippen molar-refractivity contribution >= 4 is 11.6 Å². The molecule has 1 aromatic rings. The first-order chi connectivity index (χ1) is 8.19. The summed E-state index contributed by atoms with van der Waals surface area (Å²) in [5.41, 5.74) is 0. The van der Waals surface area contributed by atoms with Gasteiger partial charge < -0.3 is 15.7 Å². The zero-order valence-electron chi connectivity index (χ0n) is 10.8. The molecule has 0 aliphatic heterocycles. The van der Waals surface area contributed by atoms with Gasteiger partial charge in [-0.25, -0.2) is 9.97 Å². The largest absolute Gasteiger partial charge is 0.391 e. The predicted molar refractivity (Wildman–Crippen MR) is 70.4 cm³/mol. The molecule has 0 radical (unpaired) electrons. The highest BCUT2D eigenvalue weighted by Crippen LogP contribution is 2.11. The second kappa shape index (κ2) is 7.06. The van der Waals surface area contributed by atoms with Gasteiger partial charge in [0.05, 0.1) is 6.10 Å². The molecule has 1 aromatic heterocycles. The SMILES string of the molecule is CCCC(O)CNc1cc(NC)nc(CC)n1. The third-order valence-electron chi connectivity index (χ3n) is 2.49. The lowest BCUT2D eigenvalue weighted by atomic mass is 10.2. The summed E-state index contributed by atoms with van der Waals surface area (Å²) in [6.07, 6.45) is 2.26. The van der Waals surface area contributed by atoms with Crippen LogP contribution in [-0.4, -0.2) is 34.8 Å². The summed E-state index contributed by atoms with van der Waals surface area (Å²) >= 11 is 0. The van der Waals surface area contributed by atoms with Crippen molar-refractivity contribution in [2.75, 3.05) is 24.2 Å². The maximum Gasteiger partial charge on any atom is 0.132 e. The van der Waals surface area contributed by atoms with Gasteiger partial charge in [0.2, 0.25) is 0 Å². The molecule has 0 aliphatic rings. The quantitative estimate of drug-likeness (QED) is 0.674. The Labute approximate surface area is 103 Å². The molecule has 0 saturated heterocycles. The average Bonchev–Trinajstić information content (AvgIpc) is 2.36. The molecule has 0 amide bonds. The van der Waals surface area contributed by atoms with Crippen molar-refractivity contribution < 1.29 is 5.11 Å². The topological polar surface area (TPSA) is 70.1 Å². The van der Waals surface area contributed by atoms with Gasteiger partial charge >= 0.3 is 0 Å². The number of aryl methyl sites for hydroxylation is 1. The minimum absolute atomic E-state index is 0.321. The van der Waals surface area contributed by atoms with Crippen LogP contribution in [0.1, 0.15) is 32.5 Å². The molecule has 5 heteroatoms. The van der Waals surface area contributed by atoms with E-state index in [0.29, 0.717) is 6.54 Å². The van der Waals surface area contributed by atoms with Gasteiger partial charge in [-0.1, -0.05) is 20.3 Å². The van der Waals surface area contributed by atoms with E-state index in [1.807, 2.05) is 20.0 Å². The third-order valence-corrected chi connectivity index (χ3v) is 2.49. The van der Waals surface area contributed by atoms with Gasteiger partial charge in [0.25, 0.3) is 0 Å². The Morgan fingerprint density at radius 3 is 2.59 bits per heavy atom. The number of anilines is 2.